The molecule has 1 aliphatic heterocycles. The predicted molar refractivity (Wildman–Crippen MR) is 130 cm³/mol. The molecule has 1 saturated heterocycles. The van der Waals surface area contributed by atoms with Gasteiger partial charge in [-0.2, -0.15) is 0 Å². The van der Waals surface area contributed by atoms with Crippen LogP contribution in [0.15, 0.2) is 48.5 Å². The third-order valence-electron chi connectivity index (χ3n) is 6.89. The maximum Gasteiger partial charge on any atom is 0.407 e. The van der Waals surface area contributed by atoms with Crippen molar-refractivity contribution in [3.05, 3.63) is 59.7 Å². The fraction of sp³-hybridized carbons (Fsp3) is 0.444. The number of benzene rings is 2. The molecule has 2 amide bonds. The van der Waals surface area contributed by atoms with E-state index < -0.39 is 18.0 Å². The van der Waals surface area contributed by atoms with Crippen LogP contribution in [0.2, 0.25) is 0 Å². The summed E-state index contributed by atoms with van der Waals surface area (Å²) in [5.41, 5.74) is 4.67. The monoisotopic (exact) mass is 480 g/mol. The topological polar surface area (TPSA) is 114 Å². The third-order valence-corrected chi connectivity index (χ3v) is 6.89. The van der Waals surface area contributed by atoms with E-state index in [1.165, 1.54) is 11.1 Å². The molecule has 2 aromatic carbocycles. The standard InChI is InChI=1S/C27H32N2O6/c1-2-17(11-25(30)28-14-19-12-18(15-34-19)26(31)32)13-29-27(33)35-16-24-22-9-5-3-7-20(22)21-8-4-6-10-23(21)24/h3-10,17-19,24H,2,11-16H2,1H3,(H,28,30)(H,29,33)(H,31,32)/t17?,18-,19-/m0/s1. The van der Waals surface area contributed by atoms with Gasteiger partial charge in [0, 0.05) is 25.4 Å². The van der Waals surface area contributed by atoms with Crippen molar-refractivity contribution in [3.63, 3.8) is 0 Å². The first-order valence-corrected chi connectivity index (χ1v) is 12.2. The Labute approximate surface area is 205 Å². The Balaban J connectivity index is 1.20. The van der Waals surface area contributed by atoms with E-state index in [1.54, 1.807) is 0 Å². The van der Waals surface area contributed by atoms with Crippen LogP contribution in [-0.4, -0.2) is 55.5 Å². The molecule has 8 heteroatoms. The molecule has 35 heavy (non-hydrogen) atoms. The second-order valence-electron chi connectivity index (χ2n) is 9.22. The number of rotatable bonds is 10. The Morgan fingerprint density at radius 1 is 1.06 bits per heavy atom. The Bertz CT molecular complexity index is 1030. The molecule has 3 N–H and O–H groups in total. The lowest BCUT2D eigenvalue weighted by atomic mass is 9.98. The zero-order valence-corrected chi connectivity index (χ0v) is 19.9. The van der Waals surface area contributed by atoms with E-state index in [4.69, 9.17) is 14.6 Å². The highest BCUT2D eigenvalue weighted by Gasteiger charge is 2.31. The molecular weight excluding hydrogens is 448 g/mol. The van der Waals surface area contributed by atoms with Gasteiger partial charge in [-0.05, 0) is 34.6 Å². The number of ether oxygens (including phenoxy) is 2. The Morgan fingerprint density at radius 2 is 1.71 bits per heavy atom. The van der Waals surface area contributed by atoms with Crippen LogP contribution in [0.5, 0.6) is 0 Å². The fourth-order valence-corrected chi connectivity index (χ4v) is 4.82. The number of aliphatic carboxylic acids is 1. The van der Waals surface area contributed by atoms with Crippen molar-refractivity contribution in [2.24, 2.45) is 11.8 Å². The van der Waals surface area contributed by atoms with E-state index in [9.17, 15) is 14.4 Å². The van der Waals surface area contributed by atoms with Crippen LogP contribution in [0.1, 0.15) is 43.2 Å². The smallest absolute Gasteiger partial charge is 0.407 e. The zero-order chi connectivity index (χ0) is 24.8. The minimum atomic E-state index is -0.871. The molecule has 1 unspecified atom stereocenters. The number of hydrogen-bond acceptors (Lipinski definition) is 5. The van der Waals surface area contributed by atoms with Gasteiger partial charge in [0.05, 0.1) is 18.6 Å². The second kappa shape index (κ2) is 11.4. The lowest BCUT2D eigenvalue weighted by Crippen LogP contribution is -2.36. The van der Waals surface area contributed by atoms with Crippen LogP contribution in [0, 0.1) is 11.8 Å². The lowest BCUT2D eigenvalue weighted by Gasteiger charge is -2.18. The zero-order valence-electron chi connectivity index (χ0n) is 19.9. The molecule has 1 fully saturated rings. The molecule has 186 valence electrons. The van der Waals surface area contributed by atoms with Gasteiger partial charge < -0.3 is 25.2 Å². The van der Waals surface area contributed by atoms with Gasteiger partial charge in [0.15, 0.2) is 0 Å². The van der Waals surface area contributed by atoms with Gasteiger partial charge in [0.1, 0.15) is 6.61 Å². The number of carboxylic acid groups (broad SMARTS) is 1. The van der Waals surface area contributed by atoms with Crippen molar-refractivity contribution in [2.45, 2.75) is 38.2 Å². The summed E-state index contributed by atoms with van der Waals surface area (Å²) < 4.78 is 11.0. The minimum absolute atomic E-state index is 0.000527. The molecule has 0 saturated carbocycles. The van der Waals surface area contributed by atoms with Gasteiger partial charge in [-0.15, -0.1) is 0 Å². The van der Waals surface area contributed by atoms with Crippen molar-refractivity contribution >= 4 is 18.0 Å². The quantitative estimate of drug-likeness (QED) is 0.479. The van der Waals surface area contributed by atoms with Gasteiger partial charge in [-0.3, -0.25) is 9.59 Å². The third kappa shape index (κ3) is 6.00. The molecule has 0 bridgehead atoms. The Kier molecular flexibility index (Phi) is 8.02. The van der Waals surface area contributed by atoms with Crippen LogP contribution < -0.4 is 10.6 Å². The summed E-state index contributed by atoms with van der Waals surface area (Å²) in [5, 5.41) is 14.6. The summed E-state index contributed by atoms with van der Waals surface area (Å²) in [5.74, 6) is -1.56. The number of amides is 2. The first-order chi connectivity index (χ1) is 17.0. The number of carbonyl (C=O) groups excluding carboxylic acids is 2. The second-order valence-corrected chi connectivity index (χ2v) is 9.22. The average Bonchev–Trinajstić information content (AvgIpc) is 3.47. The molecule has 2 aromatic rings. The summed E-state index contributed by atoms with van der Waals surface area (Å²) in [4.78, 5) is 35.8. The summed E-state index contributed by atoms with van der Waals surface area (Å²) in [6.45, 7) is 3.02. The van der Waals surface area contributed by atoms with Gasteiger partial charge >= 0.3 is 12.1 Å². The SMILES string of the molecule is CCC(CNC(=O)OCC1c2ccccc2-c2ccccc21)CC(=O)NC[C@@H]1C[C@H](C(=O)O)CO1. The molecule has 1 heterocycles. The van der Waals surface area contributed by atoms with E-state index in [1.807, 2.05) is 31.2 Å². The predicted octanol–water partition coefficient (Wildman–Crippen LogP) is 3.55. The molecule has 8 nitrogen and oxygen atoms in total. The number of hydrogen-bond donors (Lipinski definition) is 3. The number of fused-ring (bicyclic) bond motifs is 3. The Morgan fingerprint density at radius 3 is 2.31 bits per heavy atom. The summed E-state index contributed by atoms with van der Waals surface area (Å²) >= 11 is 0. The highest BCUT2D eigenvalue weighted by Crippen LogP contribution is 2.44. The number of carbonyl (C=O) groups is 3. The molecule has 4 rings (SSSR count). The number of nitrogens with one attached hydrogen (secondary N) is 2. The minimum Gasteiger partial charge on any atom is -0.481 e. The lowest BCUT2D eigenvalue weighted by molar-refractivity contribution is -0.141. The highest BCUT2D eigenvalue weighted by atomic mass is 16.5. The van der Waals surface area contributed by atoms with Crippen LogP contribution in [0.3, 0.4) is 0 Å². The van der Waals surface area contributed by atoms with Crippen molar-refractivity contribution in [1.82, 2.24) is 10.6 Å². The highest BCUT2D eigenvalue weighted by molar-refractivity contribution is 5.79. The molecule has 2 aliphatic rings. The van der Waals surface area contributed by atoms with E-state index in [0.29, 0.717) is 19.5 Å². The molecule has 0 spiro atoms. The maximum atomic E-state index is 12.4. The largest absolute Gasteiger partial charge is 0.481 e. The van der Waals surface area contributed by atoms with E-state index >= 15 is 0 Å². The number of carboxylic acids is 1. The summed E-state index contributed by atoms with van der Waals surface area (Å²) in [6, 6.07) is 16.4. The van der Waals surface area contributed by atoms with Crippen molar-refractivity contribution in [2.75, 3.05) is 26.3 Å². The van der Waals surface area contributed by atoms with Gasteiger partial charge in [0.2, 0.25) is 5.91 Å². The summed E-state index contributed by atoms with van der Waals surface area (Å²) in [7, 11) is 0. The molecule has 0 aromatic heterocycles. The Hall–Kier alpha value is -3.39. The molecule has 3 atom stereocenters. The van der Waals surface area contributed by atoms with Crippen LogP contribution in [0.25, 0.3) is 11.1 Å². The van der Waals surface area contributed by atoms with Gasteiger partial charge in [-0.1, -0.05) is 61.9 Å². The van der Waals surface area contributed by atoms with Crippen molar-refractivity contribution < 1.29 is 29.0 Å². The summed E-state index contributed by atoms with van der Waals surface area (Å²) in [6.07, 6.45) is 0.604. The van der Waals surface area contributed by atoms with Crippen LogP contribution in [0.4, 0.5) is 4.79 Å². The normalized spacial score (nSPS) is 19.5. The van der Waals surface area contributed by atoms with Crippen molar-refractivity contribution in [3.8, 4) is 11.1 Å². The van der Waals surface area contributed by atoms with Crippen LogP contribution >= 0.6 is 0 Å². The van der Waals surface area contributed by atoms with Crippen LogP contribution in [-0.2, 0) is 19.1 Å². The average molecular weight is 481 g/mol. The molecule has 0 radical (unpaired) electrons. The van der Waals surface area contributed by atoms with Gasteiger partial charge in [0.25, 0.3) is 0 Å². The van der Waals surface area contributed by atoms with E-state index in [0.717, 1.165) is 17.5 Å². The van der Waals surface area contributed by atoms with E-state index in [-0.39, 0.29) is 43.5 Å². The maximum absolute atomic E-state index is 12.4. The van der Waals surface area contributed by atoms with Crippen molar-refractivity contribution in [1.29, 1.82) is 0 Å². The van der Waals surface area contributed by atoms with E-state index in [2.05, 4.69) is 34.9 Å². The van der Waals surface area contributed by atoms with Gasteiger partial charge in [-0.25, -0.2) is 4.79 Å². The fourth-order valence-electron chi connectivity index (χ4n) is 4.82. The molecule has 1 aliphatic carbocycles. The number of alkyl carbamates (subject to hydrolysis) is 1. The first-order valence-electron chi connectivity index (χ1n) is 12.2. The first kappa shape index (κ1) is 24.7. The molecular formula is C27H32N2O6.